The normalized spacial score (nSPS) is 16.4. The lowest BCUT2D eigenvalue weighted by atomic mass is 10.3. The van der Waals surface area contributed by atoms with Gasteiger partial charge >= 0.3 is 0 Å². The zero-order valence-electron chi connectivity index (χ0n) is 15.9. The van der Waals surface area contributed by atoms with Crippen molar-refractivity contribution in [3.63, 3.8) is 0 Å². The highest BCUT2D eigenvalue weighted by Gasteiger charge is 2.21. The van der Waals surface area contributed by atoms with E-state index in [0.29, 0.717) is 13.1 Å². The van der Waals surface area contributed by atoms with Gasteiger partial charge in [-0.3, -0.25) is 14.7 Å². The summed E-state index contributed by atoms with van der Waals surface area (Å²) in [5, 5.41) is 7.43. The van der Waals surface area contributed by atoms with Gasteiger partial charge in [0.2, 0.25) is 5.91 Å². The number of rotatable bonds is 5. The highest BCUT2D eigenvalue weighted by Crippen LogP contribution is 2.16. The van der Waals surface area contributed by atoms with Crippen LogP contribution in [0.5, 0.6) is 0 Å². The van der Waals surface area contributed by atoms with Gasteiger partial charge in [0, 0.05) is 44.1 Å². The number of aliphatic imine (C=N–C) groups is 1. The van der Waals surface area contributed by atoms with Crippen LogP contribution in [0.15, 0.2) is 4.99 Å². The van der Waals surface area contributed by atoms with E-state index in [9.17, 15) is 4.79 Å². The SMILES string of the molecule is CN=C(NCc1nc(C)c(C)s1)N1CCN(CC(=O)NC(C)C)CC1. The average Bonchev–Trinajstić information content (AvgIpc) is 2.87. The van der Waals surface area contributed by atoms with Gasteiger partial charge in [-0.25, -0.2) is 4.98 Å². The maximum absolute atomic E-state index is 11.9. The second-order valence-corrected chi connectivity index (χ2v) is 7.92. The number of nitrogens with one attached hydrogen (secondary N) is 2. The number of thiazole rings is 1. The molecule has 1 fully saturated rings. The van der Waals surface area contributed by atoms with E-state index in [2.05, 4.69) is 37.3 Å². The number of hydrogen-bond donors (Lipinski definition) is 2. The number of carbonyl (C=O) groups is 1. The van der Waals surface area contributed by atoms with Gasteiger partial charge in [0.1, 0.15) is 5.01 Å². The summed E-state index contributed by atoms with van der Waals surface area (Å²) in [7, 11) is 1.81. The third-order valence-electron chi connectivity index (χ3n) is 4.17. The molecule has 0 atom stereocenters. The Morgan fingerprint density at radius 3 is 2.48 bits per heavy atom. The summed E-state index contributed by atoms with van der Waals surface area (Å²) >= 11 is 1.73. The van der Waals surface area contributed by atoms with E-state index in [-0.39, 0.29) is 11.9 Å². The number of hydrogen-bond acceptors (Lipinski definition) is 5. The van der Waals surface area contributed by atoms with Crippen molar-refractivity contribution in [2.24, 2.45) is 4.99 Å². The molecule has 2 heterocycles. The van der Waals surface area contributed by atoms with Crippen molar-refractivity contribution in [1.29, 1.82) is 0 Å². The molecule has 25 heavy (non-hydrogen) atoms. The summed E-state index contributed by atoms with van der Waals surface area (Å²) in [6, 6.07) is 0.190. The third kappa shape index (κ3) is 5.97. The van der Waals surface area contributed by atoms with E-state index in [1.807, 2.05) is 27.8 Å². The molecule has 140 valence electrons. The predicted molar refractivity (Wildman–Crippen MR) is 103 cm³/mol. The van der Waals surface area contributed by atoms with Gasteiger partial charge in [0.15, 0.2) is 5.96 Å². The Morgan fingerprint density at radius 2 is 1.96 bits per heavy atom. The molecule has 2 rings (SSSR count). The first-order chi connectivity index (χ1) is 11.9. The monoisotopic (exact) mass is 366 g/mol. The molecular weight excluding hydrogens is 336 g/mol. The number of carbonyl (C=O) groups excluding carboxylic acids is 1. The van der Waals surface area contributed by atoms with Gasteiger partial charge in [0.05, 0.1) is 18.8 Å². The Hall–Kier alpha value is -1.67. The molecule has 1 aliphatic rings. The van der Waals surface area contributed by atoms with Gasteiger partial charge in [-0.1, -0.05) is 0 Å². The van der Waals surface area contributed by atoms with Crippen LogP contribution in [-0.4, -0.2) is 72.5 Å². The van der Waals surface area contributed by atoms with Crippen molar-refractivity contribution in [2.45, 2.75) is 40.3 Å². The summed E-state index contributed by atoms with van der Waals surface area (Å²) in [5.74, 6) is 0.997. The lowest BCUT2D eigenvalue weighted by Gasteiger charge is -2.36. The van der Waals surface area contributed by atoms with Crippen molar-refractivity contribution in [2.75, 3.05) is 39.8 Å². The zero-order valence-corrected chi connectivity index (χ0v) is 16.7. The molecule has 1 aromatic rings. The fourth-order valence-electron chi connectivity index (χ4n) is 2.79. The first-order valence-electron chi connectivity index (χ1n) is 8.79. The molecule has 0 bridgehead atoms. The van der Waals surface area contributed by atoms with Gasteiger partial charge in [-0.2, -0.15) is 0 Å². The molecule has 0 aromatic carbocycles. The standard InChI is InChI=1S/C17H30N6OS/c1-12(2)20-15(24)11-22-6-8-23(9-7-22)17(18-5)19-10-16-21-13(3)14(4)25-16/h12H,6-11H2,1-5H3,(H,18,19)(H,20,24). The fourth-order valence-corrected chi connectivity index (χ4v) is 3.66. The summed E-state index contributed by atoms with van der Waals surface area (Å²) in [6.07, 6.45) is 0. The lowest BCUT2D eigenvalue weighted by Crippen LogP contribution is -2.54. The Bertz CT molecular complexity index is 585. The van der Waals surface area contributed by atoms with E-state index < -0.39 is 0 Å². The minimum Gasteiger partial charge on any atom is -0.353 e. The molecule has 1 saturated heterocycles. The Balaban J connectivity index is 1.78. The topological polar surface area (TPSA) is 72.9 Å². The second-order valence-electron chi connectivity index (χ2n) is 6.64. The molecule has 0 aliphatic carbocycles. The van der Waals surface area contributed by atoms with Crippen LogP contribution in [-0.2, 0) is 11.3 Å². The fraction of sp³-hybridized carbons (Fsp3) is 0.706. The second kappa shape index (κ2) is 9.15. The van der Waals surface area contributed by atoms with Crippen LogP contribution in [0.4, 0.5) is 0 Å². The lowest BCUT2D eigenvalue weighted by molar-refractivity contribution is -0.123. The van der Waals surface area contributed by atoms with Crippen LogP contribution in [0, 0.1) is 13.8 Å². The van der Waals surface area contributed by atoms with Crippen molar-refractivity contribution in [3.8, 4) is 0 Å². The van der Waals surface area contributed by atoms with Crippen LogP contribution in [0.1, 0.15) is 29.4 Å². The van der Waals surface area contributed by atoms with Crippen LogP contribution < -0.4 is 10.6 Å². The van der Waals surface area contributed by atoms with E-state index >= 15 is 0 Å². The van der Waals surface area contributed by atoms with Crippen LogP contribution in [0.3, 0.4) is 0 Å². The maximum atomic E-state index is 11.9. The van der Waals surface area contributed by atoms with Crippen LogP contribution in [0.2, 0.25) is 0 Å². The largest absolute Gasteiger partial charge is 0.353 e. The molecular formula is C17H30N6OS. The van der Waals surface area contributed by atoms with Gasteiger partial charge < -0.3 is 15.5 Å². The number of guanidine groups is 1. The molecule has 2 N–H and O–H groups in total. The molecule has 1 aliphatic heterocycles. The number of aromatic nitrogens is 1. The highest BCUT2D eigenvalue weighted by atomic mass is 32.1. The zero-order chi connectivity index (χ0) is 18.4. The minimum absolute atomic E-state index is 0.0977. The molecule has 7 nitrogen and oxygen atoms in total. The molecule has 1 amide bonds. The van der Waals surface area contributed by atoms with E-state index in [1.54, 1.807) is 11.3 Å². The average molecular weight is 367 g/mol. The number of amides is 1. The number of aryl methyl sites for hydroxylation is 2. The first kappa shape index (κ1) is 19.7. The quantitative estimate of drug-likeness (QED) is 0.600. The first-order valence-corrected chi connectivity index (χ1v) is 9.61. The minimum atomic E-state index is 0.0977. The van der Waals surface area contributed by atoms with Crippen LogP contribution in [0.25, 0.3) is 0 Å². The molecule has 0 unspecified atom stereocenters. The smallest absolute Gasteiger partial charge is 0.234 e. The van der Waals surface area contributed by atoms with Crippen molar-refractivity contribution in [3.05, 3.63) is 15.6 Å². The maximum Gasteiger partial charge on any atom is 0.234 e. The summed E-state index contributed by atoms with van der Waals surface area (Å²) in [5.41, 5.74) is 1.10. The Labute approximate surface area is 154 Å². The summed E-state index contributed by atoms with van der Waals surface area (Å²) in [4.78, 5) is 26.5. The van der Waals surface area contributed by atoms with Crippen molar-refractivity contribution in [1.82, 2.24) is 25.4 Å². The highest BCUT2D eigenvalue weighted by molar-refractivity contribution is 7.11. The molecule has 1 aromatic heterocycles. The Morgan fingerprint density at radius 1 is 1.28 bits per heavy atom. The van der Waals surface area contributed by atoms with Crippen LogP contribution >= 0.6 is 11.3 Å². The summed E-state index contributed by atoms with van der Waals surface area (Å²) < 4.78 is 0. The van der Waals surface area contributed by atoms with Crippen molar-refractivity contribution < 1.29 is 4.79 Å². The molecule has 8 heteroatoms. The van der Waals surface area contributed by atoms with Crippen molar-refractivity contribution >= 4 is 23.2 Å². The van der Waals surface area contributed by atoms with E-state index in [4.69, 9.17) is 0 Å². The molecule has 0 radical (unpaired) electrons. The number of piperazine rings is 1. The predicted octanol–water partition coefficient (Wildman–Crippen LogP) is 0.978. The van der Waals surface area contributed by atoms with Gasteiger partial charge in [-0.05, 0) is 27.7 Å². The van der Waals surface area contributed by atoms with E-state index in [1.165, 1.54) is 4.88 Å². The third-order valence-corrected chi connectivity index (χ3v) is 5.24. The number of nitrogens with zero attached hydrogens (tertiary/aromatic N) is 4. The van der Waals surface area contributed by atoms with E-state index in [0.717, 1.165) is 42.8 Å². The Kier molecular flexibility index (Phi) is 7.19. The molecule has 0 saturated carbocycles. The summed E-state index contributed by atoms with van der Waals surface area (Å²) in [6.45, 7) is 12.7. The van der Waals surface area contributed by atoms with Gasteiger partial charge in [-0.15, -0.1) is 11.3 Å². The van der Waals surface area contributed by atoms with Gasteiger partial charge in [0.25, 0.3) is 0 Å². The molecule has 0 spiro atoms.